The lowest BCUT2D eigenvalue weighted by molar-refractivity contribution is -0.140. The first-order chi connectivity index (χ1) is 14.3. The number of rotatable bonds is 6. The van der Waals surface area contributed by atoms with E-state index in [-0.39, 0.29) is 12.6 Å². The van der Waals surface area contributed by atoms with E-state index in [1.54, 1.807) is 0 Å². The van der Waals surface area contributed by atoms with Crippen molar-refractivity contribution in [3.05, 3.63) is 52.0 Å². The summed E-state index contributed by atoms with van der Waals surface area (Å²) in [5, 5.41) is 8.02. The van der Waals surface area contributed by atoms with Gasteiger partial charge in [0, 0.05) is 37.1 Å². The van der Waals surface area contributed by atoms with Gasteiger partial charge in [-0.1, -0.05) is 30.3 Å². The average molecular weight is 440 g/mol. The number of hydrogen-bond donors (Lipinski definition) is 2. The smallest absolute Gasteiger partial charge is 0.357 e. The molecule has 0 saturated carbocycles. The van der Waals surface area contributed by atoms with E-state index in [1.807, 2.05) is 13.0 Å². The highest BCUT2D eigenvalue weighted by molar-refractivity contribution is 7.09. The molecule has 1 saturated heterocycles. The van der Waals surface area contributed by atoms with Gasteiger partial charge in [-0.15, -0.1) is 11.3 Å². The lowest BCUT2D eigenvalue weighted by Crippen LogP contribution is -2.51. The fourth-order valence-electron chi connectivity index (χ4n) is 3.58. The van der Waals surface area contributed by atoms with Crippen molar-refractivity contribution in [2.24, 2.45) is 4.99 Å². The van der Waals surface area contributed by atoms with Gasteiger partial charge in [0.15, 0.2) is 11.7 Å². The molecule has 0 spiro atoms. The number of benzene rings is 1. The molecule has 1 aliphatic heterocycles. The van der Waals surface area contributed by atoms with Crippen LogP contribution in [-0.2, 0) is 19.3 Å². The molecule has 1 aromatic carbocycles. The molecule has 3 rings (SSSR count). The van der Waals surface area contributed by atoms with Crippen molar-refractivity contribution in [3.63, 3.8) is 0 Å². The van der Waals surface area contributed by atoms with Crippen LogP contribution >= 0.6 is 11.3 Å². The highest BCUT2D eigenvalue weighted by Crippen LogP contribution is 2.30. The maximum absolute atomic E-state index is 12.7. The number of nitrogens with zero attached hydrogens (tertiary/aromatic N) is 3. The molecule has 2 atom stereocenters. The monoisotopic (exact) mass is 439 g/mol. The van der Waals surface area contributed by atoms with E-state index in [0.717, 1.165) is 42.6 Å². The van der Waals surface area contributed by atoms with Gasteiger partial charge in [0.2, 0.25) is 0 Å². The SMILES string of the molecule is CCNC(=NCc1nc(C(F)(F)F)cs1)NC1CCN(Cc2ccccc2)C(C)C1. The van der Waals surface area contributed by atoms with Gasteiger partial charge in [0.25, 0.3) is 0 Å². The molecule has 2 unspecified atom stereocenters. The maximum Gasteiger partial charge on any atom is 0.434 e. The summed E-state index contributed by atoms with van der Waals surface area (Å²) in [6.45, 7) is 6.92. The largest absolute Gasteiger partial charge is 0.434 e. The summed E-state index contributed by atoms with van der Waals surface area (Å²) in [5.74, 6) is 0.620. The first kappa shape index (κ1) is 22.6. The molecule has 2 aromatic rings. The number of thiazole rings is 1. The van der Waals surface area contributed by atoms with Crippen LogP contribution in [0.2, 0.25) is 0 Å². The van der Waals surface area contributed by atoms with E-state index in [4.69, 9.17) is 0 Å². The van der Waals surface area contributed by atoms with Crippen molar-refractivity contribution in [3.8, 4) is 0 Å². The van der Waals surface area contributed by atoms with Crippen molar-refractivity contribution in [2.45, 2.75) is 58.0 Å². The summed E-state index contributed by atoms with van der Waals surface area (Å²) in [6, 6.07) is 11.1. The molecule has 30 heavy (non-hydrogen) atoms. The zero-order valence-electron chi connectivity index (χ0n) is 17.2. The van der Waals surface area contributed by atoms with E-state index in [9.17, 15) is 13.2 Å². The zero-order valence-corrected chi connectivity index (χ0v) is 18.1. The first-order valence-corrected chi connectivity index (χ1v) is 11.1. The zero-order chi connectivity index (χ0) is 21.6. The third kappa shape index (κ3) is 6.43. The average Bonchev–Trinajstić information content (AvgIpc) is 3.19. The molecule has 1 fully saturated rings. The second kappa shape index (κ2) is 10.3. The van der Waals surface area contributed by atoms with Crippen LogP contribution < -0.4 is 10.6 Å². The number of likely N-dealkylation sites (tertiary alicyclic amines) is 1. The van der Waals surface area contributed by atoms with E-state index in [0.29, 0.717) is 23.6 Å². The Morgan fingerprint density at radius 3 is 2.70 bits per heavy atom. The number of aromatic nitrogens is 1. The number of halogens is 3. The van der Waals surface area contributed by atoms with Crippen LogP contribution in [0.5, 0.6) is 0 Å². The molecule has 5 nitrogen and oxygen atoms in total. The van der Waals surface area contributed by atoms with Gasteiger partial charge in [-0.05, 0) is 32.3 Å². The Balaban J connectivity index is 1.55. The molecule has 0 amide bonds. The van der Waals surface area contributed by atoms with Gasteiger partial charge in [-0.25, -0.2) is 9.98 Å². The summed E-state index contributed by atoms with van der Waals surface area (Å²) < 4.78 is 38.1. The van der Waals surface area contributed by atoms with Gasteiger partial charge < -0.3 is 10.6 Å². The Labute approximate surface area is 179 Å². The molecule has 2 N–H and O–H groups in total. The number of hydrogen-bond acceptors (Lipinski definition) is 4. The van der Waals surface area contributed by atoms with E-state index >= 15 is 0 Å². The predicted octanol–water partition coefficient (Wildman–Crippen LogP) is 4.27. The normalized spacial score (nSPS) is 20.9. The number of aliphatic imine (C=N–C) groups is 1. The highest BCUT2D eigenvalue weighted by Gasteiger charge is 2.33. The van der Waals surface area contributed by atoms with Crippen LogP contribution in [0.1, 0.15) is 43.0 Å². The third-order valence-electron chi connectivity index (χ3n) is 5.14. The molecular formula is C21H28F3N5S. The van der Waals surface area contributed by atoms with Gasteiger partial charge in [0.05, 0.1) is 6.54 Å². The molecule has 2 heterocycles. The molecular weight excluding hydrogens is 411 g/mol. The Kier molecular flexibility index (Phi) is 7.71. The van der Waals surface area contributed by atoms with Crippen molar-refractivity contribution in [1.29, 1.82) is 0 Å². The van der Waals surface area contributed by atoms with Gasteiger partial charge in [-0.3, -0.25) is 4.90 Å². The van der Waals surface area contributed by atoms with E-state index in [2.05, 4.69) is 56.7 Å². The molecule has 164 valence electrons. The molecule has 1 aliphatic rings. The summed E-state index contributed by atoms with van der Waals surface area (Å²) in [6.07, 6.45) is -2.45. The van der Waals surface area contributed by atoms with Crippen LogP contribution in [0.3, 0.4) is 0 Å². The Morgan fingerprint density at radius 1 is 1.30 bits per heavy atom. The Morgan fingerprint density at radius 2 is 2.07 bits per heavy atom. The minimum atomic E-state index is -4.41. The number of nitrogens with one attached hydrogen (secondary N) is 2. The number of alkyl halides is 3. The quantitative estimate of drug-likeness (QED) is 0.521. The summed E-state index contributed by atoms with van der Waals surface area (Å²) >= 11 is 0.984. The van der Waals surface area contributed by atoms with Gasteiger partial charge in [0.1, 0.15) is 5.01 Å². The number of piperidine rings is 1. The topological polar surface area (TPSA) is 52.6 Å². The van der Waals surface area contributed by atoms with Crippen molar-refractivity contribution >= 4 is 17.3 Å². The van der Waals surface area contributed by atoms with Gasteiger partial charge >= 0.3 is 6.18 Å². The molecule has 1 aromatic heterocycles. The molecule has 9 heteroatoms. The molecule has 0 radical (unpaired) electrons. The summed E-state index contributed by atoms with van der Waals surface area (Å²) in [4.78, 5) is 10.6. The van der Waals surface area contributed by atoms with Crippen molar-refractivity contribution in [1.82, 2.24) is 20.5 Å². The first-order valence-electron chi connectivity index (χ1n) is 10.2. The Bertz CT molecular complexity index is 822. The number of guanidine groups is 1. The molecule has 0 aliphatic carbocycles. The standard InChI is InChI=1S/C21H28F3N5S/c1-3-25-20(26-12-19-28-18(14-30-19)21(22,23)24)27-17-9-10-29(15(2)11-17)13-16-7-5-4-6-8-16/h4-8,14-15,17H,3,9-13H2,1-2H3,(H2,25,26,27). The van der Waals surface area contributed by atoms with Gasteiger partial charge in [-0.2, -0.15) is 13.2 Å². The van der Waals surface area contributed by atoms with Crippen LogP contribution in [-0.4, -0.2) is 41.0 Å². The Hall–Kier alpha value is -2.13. The highest BCUT2D eigenvalue weighted by atomic mass is 32.1. The second-order valence-corrected chi connectivity index (χ2v) is 8.43. The fourth-order valence-corrected chi connectivity index (χ4v) is 4.30. The summed E-state index contributed by atoms with van der Waals surface area (Å²) in [5.41, 5.74) is 0.461. The maximum atomic E-state index is 12.7. The molecule has 0 bridgehead atoms. The predicted molar refractivity (Wildman–Crippen MR) is 114 cm³/mol. The van der Waals surface area contributed by atoms with Crippen molar-refractivity contribution in [2.75, 3.05) is 13.1 Å². The van der Waals surface area contributed by atoms with Crippen LogP contribution in [0.25, 0.3) is 0 Å². The van der Waals surface area contributed by atoms with Crippen LogP contribution in [0, 0.1) is 0 Å². The lowest BCUT2D eigenvalue weighted by Gasteiger charge is -2.38. The lowest BCUT2D eigenvalue weighted by atomic mass is 9.97. The van der Waals surface area contributed by atoms with Crippen LogP contribution in [0.4, 0.5) is 13.2 Å². The minimum absolute atomic E-state index is 0.123. The second-order valence-electron chi connectivity index (χ2n) is 7.49. The summed E-state index contributed by atoms with van der Waals surface area (Å²) in [7, 11) is 0. The minimum Gasteiger partial charge on any atom is -0.357 e. The van der Waals surface area contributed by atoms with E-state index in [1.165, 1.54) is 5.56 Å². The third-order valence-corrected chi connectivity index (χ3v) is 5.98. The fraction of sp³-hybridized carbons (Fsp3) is 0.524. The van der Waals surface area contributed by atoms with Crippen molar-refractivity contribution < 1.29 is 13.2 Å². The van der Waals surface area contributed by atoms with Crippen LogP contribution in [0.15, 0.2) is 40.7 Å². The van der Waals surface area contributed by atoms with E-state index < -0.39 is 11.9 Å².